The molecule has 0 radical (unpaired) electrons. The number of aliphatic hydroxyl groups excluding tert-OH is 1. The second-order valence-electron chi connectivity index (χ2n) is 7.28. The fourth-order valence-corrected chi connectivity index (χ4v) is 3.41. The quantitative estimate of drug-likeness (QED) is 0.681. The monoisotopic (exact) mass is 372 g/mol. The van der Waals surface area contributed by atoms with Crippen LogP contribution in [0, 0.1) is 0 Å². The summed E-state index contributed by atoms with van der Waals surface area (Å²) in [6.07, 6.45) is 3.76. The molecule has 0 bridgehead atoms. The van der Waals surface area contributed by atoms with Crippen molar-refractivity contribution in [3.05, 3.63) is 24.1 Å². The third-order valence-electron chi connectivity index (χ3n) is 5.13. The van der Waals surface area contributed by atoms with E-state index in [1.165, 1.54) is 0 Å². The highest BCUT2D eigenvalue weighted by Gasteiger charge is 2.29. The van der Waals surface area contributed by atoms with Crippen molar-refractivity contribution in [3.8, 4) is 0 Å². The van der Waals surface area contributed by atoms with Gasteiger partial charge in [-0.1, -0.05) is 0 Å². The van der Waals surface area contributed by atoms with Crippen LogP contribution in [0.15, 0.2) is 22.6 Å². The normalized spacial score (nSPS) is 18.6. The van der Waals surface area contributed by atoms with Gasteiger partial charge >= 0.3 is 11.8 Å². The minimum absolute atomic E-state index is 0.0164. The van der Waals surface area contributed by atoms with Crippen molar-refractivity contribution in [2.75, 3.05) is 31.6 Å². The SMILES string of the molecule is O=C(Nc1ccc2oc(C3CC3)nc2c1)C(=O)NC1CCN(CCO)CC1. The molecule has 2 fully saturated rings. The van der Waals surface area contributed by atoms with Gasteiger partial charge in [-0.2, -0.15) is 0 Å². The van der Waals surface area contributed by atoms with Crippen molar-refractivity contribution in [2.24, 2.45) is 0 Å². The number of fused-ring (bicyclic) bond motifs is 1. The first-order valence-corrected chi connectivity index (χ1v) is 9.48. The molecular formula is C19H24N4O4. The maximum Gasteiger partial charge on any atom is 0.313 e. The number of aliphatic hydroxyl groups is 1. The van der Waals surface area contributed by atoms with Crippen LogP contribution in [0.4, 0.5) is 5.69 Å². The number of β-amino-alcohol motifs (C(OH)–C–C–N with tert-alkyl or cyclic N) is 1. The van der Waals surface area contributed by atoms with Crippen molar-refractivity contribution in [2.45, 2.75) is 37.6 Å². The first kappa shape index (κ1) is 17.9. The molecule has 0 unspecified atom stereocenters. The van der Waals surface area contributed by atoms with Crippen molar-refractivity contribution in [1.82, 2.24) is 15.2 Å². The Hall–Kier alpha value is -2.45. The van der Waals surface area contributed by atoms with E-state index in [0.29, 0.717) is 29.2 Å². The lowest BCUT2D eigenvalue weighted by Gasteiger charge is -2.31. The molecular weight excluding hydrogens is 348 g/mol. The molecule has 1 aromatic carbocycles. The van der Waals surface area contributed by atoms with E-state index in [1.54, 1.807) is 18.2 Å². The zero-order valence-corrected chi connectivity index (χ0v) is 15.1. The number of nitrogens with zero attached hydrogens (tertiary/aromatic N) is 2. The number of carbonyl (C=O) groups is 2. The lowest BCUT2D eigenvalue weighted by atomic mass is 10.1. The number of anilines is 1. The number of aromatic nitrogens is 1. The van der Waals surface area contributed by atoms with Crippen LogP contribution < -0.4 is 10.6 Å². The summed E-state index contributed by atoms with van der Waals surface area (Å²) >= 11 is 0. The highest BCUT2D eigenvalue weighted by molar-refractivity contribution is 6.39. The number of hydrogen-bond donors (Lipinski definition) is 3. The van der Waals surface area contributed by atoms with Crippen molar-refractivity contribution in [3.63, 3.8) is 0 Å². The molecule has 2 amide bonds. The Morgan fingerprint density at radius 3 is 2.67 bits per heavy atom. The number of carbonyl (C=O) groups excluding carboxylic acids is 2. The average Bonchev–Trinajstić information content (AvgIpc) is 3.43. The molecule has 144 valence electrons. The van der Waals surface area contributed by atoms with E-state index < -0.39 is 11.8 Å². The molecule has 4 rings (SSSR count). The summed E-state index contributed by atoms with van der Waals surface area (Å²) in [6.45, 7) is 2.39. The first-order chi connectivity index (χ1) is 13.1. The topological polar surface area (TPSA) is 108 Å². The minimum Gasteiger partial charge on any atom is -0.440 e. The van der Waals surface area contributed by atoms with Gasteiger partial charge in [0.1, 0.15) is 5.52 Å². The number of benzene rings is 1. The van der Waals surface area contributed by atoms with Gasteiger partial charge in [-0.25, -0.2) is 4.98 Å². The summed E-state index contributed by atoms with van der Waals surface area (Å²) in [5, 5.41) is 14.4. The Balaban J connectivity index is 1.31. The minimum atomic E-state index is -0.682. The van der Waals surface area contributed by atoms with Gasteiger partial charge in [0, 0.05) is 37.3 Å². The Morgan fingerprint density at radius 2 is 1.96 bits per heavy atom. The predicted molar refractivity (Wildman–Crippen MR) is 99.3 cm³/mol. The van der Waals surface area contributed by atoms with Gasteiger partial charge in [0.2, 0.25) is 0 Å². The van der Waals surface area contributed by atoms with Crippen LogP contribution in [0.2, 0.25) is 0 Å². The molecule has 1 saturated heterocycles. The molecule has 0 spiro atoms. The molecule has 2 aromatic rings. The summed E-state index contributed by atoms with van der Waals surface area (Å²) in [5.74, 6) is -0.142. The van der Waals surface area contributed by atoms with E-state index in [-0.39, 0.29) is 12.6 Å². The Labute approximate surface area is 156 Å². The van der Waals surface area contributed by atoms with Crippen molar-refractivity contribution < 1.29 is 19.1 Å². The van der Waals surface area contributed by atoms with E-state index >= 15 is 0 Å². The maximum absolute atomic E-state index is 12.2. The molecule has 2 aliphatic rings. The van der Waals surface area contributed by atoms with Crippen LogP contribution in [0.1, 0.15) is 37.5 Å². The molecule has 3 N–H and O–H groups in total. The van der Waals surface area contributed by atoms with Gasteiger partial charge in [0.05, 0.1) is 6.61 Å². The van der Waals surface area contributed by atoms with Gasteiger partial charge in [-0.15, -0.1) is 0 Å². The number of oxazole rings is 1. The molecule has 2 heterocycles. The summed E-state index contributed by atoms with van der Waals surface area (Å²) in [4.78, 5) is 31.0. The Kier molecular flexibility index (Phi) is 5.09. The number of hydrogen-bond acceptors (Lipinski definition) is 6. The Morgan fingerprint density at radius 1 is 1.19 bits per heavy atom. The molecule has 1 saturated carbocycles. The Bertz CT molecular complexity index is 837. The largest absolute Gasteiger partial charge is 0.440 e. The lowest BCUT2D eigenvalue weighted by Crippen LogP contribution is -2.48. The lowest BCUT2D eigenvalue weighted by molar-refractivity contribution is -0.136. The molecule has 1 aliphatic carbocycles. The van der Waals surface area contributed by atoms with E-state index in [9.17, 15) is 9.59 Å². The highest BCUT2D eigenvalue weighted by atomic mass is 16.3. The molecule has 1 aliphatic heterocycles. The van der Waals surface area contributed by atoms with E-state index in [0.717, 1.165) is 44.7 Å². The number of amides is 2. The number of piperidine rings is 1. The fraction of sp³-hybridized carbons (Fsp3) is 0.526. The van der Waals surface area contributed by atoms with E-state index in [4.69, 9.17) is 9.52 Å². The third kappa shape index (κ3) is 4.28. The van der Waals surface area contributed by atoms with Crippen LogP contribution in [0.5, 0.6) is 0 Å². The van der Waals surface area contributed by atoms with Crippen molar-refractivity contribution >= 4 is 28.6 Å². The second-order valence-corrected chi connectivity index (χ2v) is 7.28. The first-order valence-electron chi connectivity index (χ1n) is 9.48. The van der Waals surface area contributed by atoms with Gasteiger partial charge in [0.25, 0.3) is 0 Å². The number of nitrogens with one attached hydrogen (secondary N) is 2. The zero-order valence-electron chi connectivity index (χ0n) is 15.1. The van der Waals surface area contributed by atoms with Crippen LogP contribution in [-0.4, -0.2) is 59.1 Å². The molecule has 27 heavy (non-hydrogen) atoms. The number of likely N-dealkylation sites (tertiary alicyclic amines) is 1. The van der Waals surface area contributed by atoms with Crippen LogP contribution >= 0.6 is 0 Å². The molecule has 8 nitrogen and oxygen atoms in total. The van der Waals surface area contributed by atoms with Gasteiger partial charge < -0.3 is 25.1 Å². The van der Waals surface area contributed by atoms with Crippen molar-refractivity contribution in [1.29, 1.82) is 0 Å². The second kappa shape index (κ2) is 7.66. The molecule has 8 heteroatoms. The van der Waals surface area contributed by atoms with Crippen LogP contribution in [0.3, 0.4) is 0 Å². The maximum atomic E-state index is 12.2. The van der Waals surface area contributed by atoms with Gasteiger partial charge in [0.15, 0.2) is 11.5 Å². The summed E-state index contributed by atoms with van der Waals surface area (Å²) in [7, 11) is 0. The third-order valence-corrected chi connectivity index (χ3v) is 5.13. The van der Waals surface area contributed by atoms with Crippen LogP contribution in [0.25, 0.3) is 11.1 Å². The zero-order chi connectivity index (χ0) is 18.8. The van der Waals surface area contributed by atoms with Gasteiger partial charge in [-0.3, -0.25) is 9.59 Å². The average molecular weight is 372 g/mol. The highest BCUT2D eigenvalue weighted by Crippen LogP contribution is 2.40. The molecule has 1 aromatic heterocycles. The summed E-state index contributed by atoms with van der Waals surface area (Å²) in [6, 6.07) is 5.18. The molecule has 0 atom stereocenters. The van der Waals surface area contributed by atoms with E-state index in [2.05, 4.69) is 20.5 Å². The summed E-state index contributed by atoms with van der Waals surface area (Å²) < 4.78 is 5.70. The standard InChI is InChI=1S/C19H24N4O4/c24-10-9-23-7-5-13(6-8-23)20-17(25)18(26)21-14-3-4-16-15(11-14)22-19(27-16)12-1-2-12/h3-4,11-13,24H,1-2,5-10H2,(H,20,25)(H,21,26). The smallest absolute Gasteiger partial charge is 0.313 e. The number of rotatable bonds is 5. The predicted octanol–water partition coefficient (Wildman–Crippen LogP) is 1.22. The van der Waals surface area contributed by atoms with E-state index in [1.807, 2.05) is 0 Å². The fourth-order valence-electron chi connectivity index (χ4n) is 3.41. The van der Waals surface area contributed by atoms with Crippen LogP contribution in [-0.2, 0) is 9.59 Å². The van der Waals surface area contributed by atoms with Gasteiger partial charge in [-0.05, 0) is 43.9 Å². The summed E-state index contributed by atoms with van der Waals surface area (Å²) in [5.41, 5.74) is 1.90.